The molecule has 2 aromatic carbocycles. The average molecular weight is 417 g/mol. The van der Waals surface area contributed by atoms with Crippen molar-refractivity contribution in [2.45, 2.75) is 43.6 Å². The number of halogens is 1. The van der Waals surface area contributed by atoms with Crippen LogP contribution in [0, 0.1) is 0 Å². The van der Waals surface area contributed by atoms with Crippen molar-refractivity contribution >= 4 is 23.1 Å². The zero-order valence-electron chi connectivity index (χ0n) is 17.1. The first-order valence-corrected chi connectivity index (χ1v) is 11.3. The SMILES string of the molecule is C[C@@H]1CCc2ncnc(N3c4ccc(Cl)cc4C4(CCNC4)[C@@H]3c3ccccc3)c21. The van der Waals surface area contributed by atoms with Crippen molar-refractivity contribution in [3.63, 3.8) is 0 Å². The molecule has 5 heteroatoms. The number of hydrogen-bond donors (Lipinski definition) is 1. The molecule has 0 saturated carbocycles. The average Bonchev–Trinajstić information content (AvgIpc) is 3.47. The lowest BCUT2D eigenvalue weighted by Crippen LogP contribution is -2.38. The van der Waals surface area contributed by atoms with Crippen LogP contribution >= 0.6 is 11.6 Å². The quantitative estimate of drug-likeness (QED) is 0.615. The molecule has 0 amide bonds. The third kappa shape index (κ3) is 2.50. The zero-order chi connectivity index (χ0) is 20.3. The summed E-state index contributed by atoms with van der Waals surface area (Å²) in [4.78, 5) is 12.0. The van der Waals surface area contributed by atoms with Crippen molar-refractivity contribution < 1.29 is 0 Å². The molecule has 1 unspecified atom stereocenters. The number of rotatable bonds is 2. The third-order valence-electron chi connectivity index (χ3n) is 7.32. The highest BCUT2D eigenvalue weighted by molar-refractivity contribution is 6.30. The van der Waals surface area contributed by atoms with E-state index in [4.69, 9.17) is 16.6 Å². The molecule has 0 radical (unpaired) electrons. The van der Waals surface area contributed by atoms with Crippen LogP contribution in [0.4, 0.5) is 11.5 Å². The second kappa shape index (κ2) is 6.79. The van der Waals surface area contributed by atoms with Crippen molar-refractivity contribution in [3.05, 3.63) is 82.3 Å². The molecule has 1 spiro atoms. The Labute approximate surface area is 182 Å². The topological polar surface area (TPSA) is 41.1 Å². The summed E-state index contributed by atoms with van der Waals surface area (Å²) in [5, 5.41) is 4.45. The van der Waals surface area contributed by atoms with E-state index in [1.165, 1.54) is 28.1 Å². The number of hydrogen-bond acceptors (Lipinski definition) is 4. The van der Waals surface area contributed by atoms with Crippen molar-refractivity contribution in [2.24, 2.45) is 0 Å². The van der Waals surface area contributed by atoms with Gasteiger partial charge in [0.05, 0.1) is 6.04 Å². The Morgan fingerprint density at radius 2 is 2.00 bits per heavy atom. The minimum Gasteiger partial charge on any atom is -0.317 e. The predicted molar refractivity (Wildman–Crippen MR) is 121 cm³/mol. The first-order chi connectivity index (χ1) is 14.7. The molecule has 3 heterocycles. The smallest absolute Gasteiger partial charge is 0.140 e. The lowest BCUT2D eigenvalue weighted by Gasteiger charge is -2.37. The largest absolute Gasteiger partial charge is 0.317 e. The maximum absolute atomic E-state index is 6.52. The predicted octanol–water partition coefficient (Wildman–Crippen LogP) is 5.30. The van der Waals surface area contributed by atoms with E-state index in [-0.39, 0.29) is 11.5 Å². The van der Waals surface area contributed by atoms with Gasteiger partial charge >= 0.3 is 0 Å². The molecule has 1 fully saturated rings. The number of aryl methyl sites for hydroxylation is 1. The summed E-state index contributed by atoms with van der Waals surface area (Å²) in [5.41, 5.74) is 6.40. The monoisotopic (exact) mass is 416 g/mol. The lowest BCUT2D eigenvalue weighted by atomic mass is 9.73. The third-order valence-corrected chi connectivity index (χ3v) is 7.56. The Hall–Kier alpha value is -2.43. The Kier molecular flexibility index (Phi) is 4.15. The molecule has 1 N–H and O–H groups in total. The van der Waals surface area contributed by atoms with Crippen LogP contribution in [0.2, 0.25) is 5.02 Å². The number of anilines is 2. The second-order valence-electron chi connectivity index (χ2n) is 8.92. The molecule has 1 aromatic heterocycles. The second-order valence-corrected chi connectivity index (χ2v) is 9.36. The Balaban J connectivity index is 1.65. The molecule has 3 aliphatic rings. The van der Waals surface area contributed by atoms with Crippen LogP contribution in [0.25, 0.3) is 0 Å². The molecule has 30 heavy (non-hydrogen) atoms. The molecule has 3 atom stereocenters. The van der Waals surface area contributed by atoms with Crippen LogP contribution in [-0.4, -0.2) is 23.1 Å². The van der Waals surface area contributed by atoms with Crippen LogP contribution in [0.1, 0.15) is 54.1 Å². The molecule has 2 aliphatic heterocycles. The minimum atomic E-state index is -0.0265. The summed E-state index contributed by atoms with van der Waals surface area (Å²) in [6.45, 7) is 4.27. The molecular formula is C25H25ClN4. The van der Waals surface area contributed by atoms with Gasteiger partial charge in [-0.1, -0.05) is 48.9 Å². The molecule has 6 rings (SSSR count). The number of benzene rings is 2. The minimum absolute atomic E-state index is 0.0265. The first kappa shape index (κ1) is 18.3. The summed E-state index contributed by atoms with van der Waals surface area (Å²) < 4.78 is 0. The van der Waals surface area contributed by atoms with E-state index in [1.54, 1.807) is 6.33 Å². The normalized spacial score (nSPS) is 26.9. The van der Waals surface area contributed by atoms with Gasteiger partial charge in [0.2, 0.25) is 0 Å². The molecule has 3 aromatic rings. The van der Waals surface area contributed by atoms with Crippen LogP contribution < -0.4 is 10.2 Å². The number of nitrogens with zero attached hydrogens (tertiary/aromatic N) is 3. The van der Waals surface area contributed by atoms with Crippen LogP contribution in [-0.2, 0) is 11.8 Å². The molecular weight excluding hydrogens is 392 g/mol. The molecule has 0 bridgehead atoms. The fraction of sp³-hybridized carbons (Fsp3) is 0.360. The van der Waals surface area contributed by atoms with E-state index in [9.17, 15) is 0 Å². The van der Waals surface area contributed by atoms with Gasteiger partial charge in [0, 0.05) is 33.9 Å². The van der Waals surface area contributed by atoms with E-state index in [1.807, 2.05) is 6.07 Å². The zero-order valence-corrected chi connectivity index (χ0v) is 17.9. The highest BCUT2D eigenvalue weighted by Gasteiger charge is 2.54. The van der Waals surface area contributed by atoms with Gasteiger partial charge < -0.3 is 10.2 Å². The van der Waals surface area contributed by atoms with Crippen molar-refractivity contribution in [3.8, 4) is 0 Å². The number of fused-ring (bicyclic) bond motifs is 3. The van der Waals surface area contributed by atoms with Crippen molar-refractivity contribution in [1.29, 1.82) is 0 Å². The molecule has 152 valence electrons. The fourth-order valence-electron chi connectivity index (χ4n) is 5.98. The van der Waals surface area contributed by atoms with Gasteiger partial charge in [0.15, 0.2) is 0 Å². The fourth-order valence-corrected chi connectivity index (χ4v) is 6.15. The molecule has 1 aliphatic carbocycles. The van der Waals surface area contributed by atoms with Crippen molar-refractivity contribution in [1.82, 2.24) is 15.3 Å². The number of aromatic nitrogens is 2. The van der Waals surface area contributed by atoms with Gasteiger partial charge in [0.1, 0.15) is 12.1 Å². The van der Waals surface area contributed by atoms with Crippen LogP contribution in [0.15, 0.2) is 54.9 Å². The van der Waals surface area contributed by atoms with Gasteiger partial charge in [-0.3, -0.25) is 0 Å². The first-order valence-electron chi connectivity index (χ1n) is 10.9. The summed E-state index contributed by atoms with van der Waals surface area (Å²) in [6, 6.07) is 17.5. The van der Waals surface area contributed by atoms with E-state index >= 15 is 0 Å². The highest BCUT2D eigenvalue weighted by atomic mass is 35.5. The summed E-state index contributed by atoms with van der Waals surface area (Å²) in [5.74, 6) is 1.55. The maximum Gasteiger partial charge on any atom is 0.140 e. The lowest BCUT2D eigenvalue weighted by molar-refractivity contribution is 0.404. The van der Waals surface area contributed by atoms with E-state index in [2.05, 4.69) is 64.6 Å². The van der Waals surface area contributed by atoms with Crippen LogP contribution in [0.5, 0.6) is 0 Å². The Morgan fingerprint density at radius 1 is 1.13 bits per heavy atom. The van der Waals surface area contributed by atoms with Crippen molar-refractivity contribution in [2.75, 3.05) is 18.0 Å². The molecule has 1 saturated heterocycles. The highest BCUT2D eigenvalue weighted by Crippen LogP contribution is 2.59. The van der Waals surface area contributed by atoms with E-state index in [0.29, 0.717) is 5.92 Å². The van der Waals surface area contributed by atoms with Gasteiger partial charge in [-0.25, -0.2) is 9.97 Å². The maximum atomic E-state index is 6.52. The summed E-state index contributed by atoms with van der Waals surface area (Å²) in [6.07, 6.45) is 5.02. The van der Waals surface area contributed by atoms with Crippen LogP contribution in [0.3, 0.4) is 0 Å². The number of nitrogens with one attached hydrogen (secondary N) is 1. The van der Waals surface area contributed by atoms with Gasteiger partial charge in [0.25, 0.3) is 0 Å². The summed E-state index contributed by atoms with van der Waals surface area (Å²) in [7, 11) is 0. The standard InChI is InChI=1S/C25H25ClN4/c1-16-7-9-20-22(16)24(29-15-28-20)30-21-10-8-18(26)13-19(21)25(11-12-27-14-25)23(30)17-5-3-2-4-6-17/h2-6,8,10,13,15-16,23,27H,7,9,11-12,14H2,1H3/t16-,23+,25?/m1/s1. The van der Waals surface area contributed by atoms with E-state index < -0.39 is 0 Å². The molecule has 4 nitrogen and oxygen atoms in total. The Bertz CT molecular complexity index is 1110. The summed E-state index contributed by atoms with van der Waals surface area (Å²) >= 11 is 6.52. The van der Waals surface area contributed by atoms with Gasteiger partial charge in [-0.05, 0) is 61.1 Å². The van der Waals surface area contributed by atoms with Gasteiger partial charge in [-0.2, -0.15) is 0 Å². The Morgan fingerprint density at radius 3 is 2.80 bits per heavy atom. The van der Waals surface area contributed by atoms with Gasteiger partial charge in [-0.15, -0.1) is 0 Å². The van der Waals surface area contributed by atoms with E-state index in [0.717, 1.165) is 43.2 Å².